The van der Waals surface area contributed by atoms with Crippen LogP contribution in [-0.4, -0.2) is 26.5 Å². The molecule has 88 valence electrons. The summed E-state index contributed by atoms with van der Waals surface area (Å²) >= 11 is 0. The maximum absolute atomic E-state index is 10.9. The zero-order valence-electron chi connectivity index (χ0n) is 8.96. The van der Waals surface area contributed by atoms with Crippen LogP contribution in [0.2, 0.25) is 0 Å². The van der Waals surface area contributed by atoms with Gasteiger partial charge in [-0.05, 0) is 24.5 Å². The predicted molar refractivity (Wildman–Crippen MR) is 62.5 cm³/mol. The van der Waals surface area contributed by atoms with Gasteiger partial charge in [0.05, 0.1) is 5.75 Å². The van der Waals surface area contributed by atoms with Gasteiger partial charge in [-0.2, -0.15) is 0 Å². The molecule has 5 nitrogen and oxygen atoms in total. The summed E-state index contributed by atoms with van der Waals surface area (Å²) in [5, 5.41) is 4.96. The minimum atomic E-state index is -3.46. The number of hydrogen-bond acceptors (Lipinski definition) is 4. The molecule has 2 rings (SSSR count). The van der Waals surface area contributed by atoms with Crippen molar-refractivity contribution in [3.63, 3.8) is 0 Å². The van der Waals surface area contributed by atoms with Crippen LogP contribution >= 0.6 is 0 Å². The Morgan fingerprint density at radius 2 is 2.00 bits per heavy atom. The van der Waals surface area contributed by atoms with Crippen molar-refractivity contribution in [3.05, 3.63) is 23.9 Å². The van der Waals surface area contributed by atoms with E-state index in [4.69, 9.17) is 5.14 Å². The Balaban J connectivity index is 2.10. The van der Waals surface area contributed by atoms with Gasteiger partial charge in [0.15, 0.2) is 0 Å². The molecular weight excluding hydrogens is 226 g/mol. The highest BCUT2D eigenvalue weighted by Crippen LogP contribution is 2.17. The fourth-order valence-electron chi connectivity index (χ4n) is 1.87. The first-order valence-corrected chi connectivity index (χ1v) is 6.96. The lowest BCUT2D eigenvalue weighted by molar-refractivity contribution is 0.597. The van der Waals surface area contributed by atoms with Crippen LogP contribution in [0.5, 0.6) is 0 Å². The van der Waals surface area contributed by atoms with Crippen molar-refractivity contribution in [2.45, 2.75) is 18.6 Å². The summed E-state index contributed by atoms with van der Waals surface area (Å²) in [6, 6.07) is 3.62. The summed E-state index contributed by atoms with van der Waals surface area (Å²) in [6.07, 6.45) is 3.97. The third kappa shape index (κ3) is 2.93. The van der Waals surface area contributed by atoms with Gasteiger partial charge >= 0.3 is 0 Å². The molecule has 0 unspecified atom stereocenters. The Morgan fingerprint density at radius 3 is 2.50 bits per heavy atom. The fraction of sp³-hybridized carbons (Fsp3) is 0.500. The van der Waals surface area contributed by atoms with E-state index in [1.165, 1.54) is 12.8 Å². The van der Waals surface area contributed by atoms with Crippen LogP contribution in [0.3, 0.4) is 0 Å². The van der Waals surface area contributed by atoms with E-state index in [9.17, 15) is 8.42 Å². The molecular formula is C10H15N3O2S. The van der Waals surface area contributed by atoms with Crippen molar-refractivity contribution in [1.82, 2.24) is 4.98 Å². The second-order valence-corrected chi connectivity index (χ2v) is 5.64. The molecule has 0 radical (unpaired) electrons. The van der Waals surface area contributed by atoms with E-state index >= 15 is 0 Å². The highest BCUT2D eigenvalue weighted by Gasteiger charge is 2.13. The molecule has 0 saturated carbocycles. The van der Waals surface area contributed by atoms with E-state index < -0.39 is 10.0 Å². The fourth-order valence-corrected chi connectivity index (χ4v) is 2.50. The molecule has 1 aliphatic rings. The molecule has 1 aromatic heterocycles. The van der Waals surface area contributed by atoms with Crippen molar-refractivity contribution in [1.29, 1.82) is 0 Å². The van der Waals surface area contributed by atoms with Crippen molar-refractivity contribution < 1.29 is 8.42 Å². The highest BCUT2D eigenvalue weighted by atomic mass is 32.2. The normalized spacial score (nSPS) is 16.7. The average Bonchev–Trinajstić information content (AvgIpc) is 2.69. The Bertz CT molecular complexity index is 449. The van der Waals surface area contributed by atoms with E-state index in [1.54, 1.807) is 12.3 Å². The van der Waals surface area contributed by atoms with E-state index in [0.717, 1.165) is 18.9 Å². The number of anilines is 1. The number of rotatable bonds is 3. The first-order chi connectivity index (χ1) is 7.54. The number of aromatic nitrogens is 1. The topological polar surface area (TPSA) is 76.3 Å². The van der Waals surface area contributed by atoms with Crippen LogP contribution in [0.15, 0.2) is 18.3 Å². The molecule has 0 amide bonds. The molecule has 0 aromatic carbocycles. The minimum Gasteiger partial charge on any atom is -0.357 e. The number of nitrogens with zero attached hydrogens (tertiary/aromatic N) is 2. The second kappa shape index (κ2) is 4.39. The molecule has 0 bridgehead atoms. The van der Waals surface area contributed by atoms with Crippen LogP contribution in [0.4, 0.5) is 5.82 Å². The second-order valence-electron chi connectivity index (χ2n) is 4.03. The monoisotopic (exact) mass is 241 g/mol. The molecule has 0 spiro atoms. The largest absolute Gasteiger partial charge is 0.357 e. The minimum absolute atomic E-state index is 0.153. The molecule has 1 saturated heterocycles. The summed E-state index contributed by atoms with van der Waals surface area (Å²) in [7, 11) is -3.46. The summed E-state index contributed by atoms with van der Waals surface area (Å²) in [4.78, 5) is 6.45. The standard InChI is InChI=1S/C10H15N3O2S/c11-16(14,15)8-9-3-4-10(12-7-9)13-5-1-2-6-13/h3-4,7H,1-2,5-6,8H2,(H2,11,14,15). The molecule has 0 aliphatic carbocycles. The highest BCUT2D eigenvalue weighted by molar-refractivity contribution is 7.88. The molecule has 2 heterocycles. The Kier molecular flexibility index (Phi) is 3.11. The smallest absolute Gasteiger partial charge is 0.213 e. The van der Waals surface area contributed by atoms with E-state index in [2.05, 4.69) is 9.88 Å². The van der Waals surface area contributed by atoms with Gasteiger partial charge < -0.3 is 4.90 Å². The third-order valence-corrected chi connectivity index (χ3v) is 3.34. The number of hydrogen-bond donors (Lipinski definition) is 1. The Morgan fingerprint density at radius 1 is 1.31 bits per heavy atom. The first-order valence-electron chi connectivity index (χ1n) is 5.25. The summed E-state index contributed by atoms with van der Waals surface area (Å²) < 4.78 is 21.8. The zero-order valence-corrected chi connectivity index (χ0v) is 9.78. The van der Waals surface area contributed by atoms with Crippen molar-refractivity contribution in [2.75, 3.05) is 18.0 Å². The van der Waals surface area contributed by atoms with Crippen LogP contribution in [0.25, 0.3) is 0 Å². The Labute approximate surface area is 95.3 Å². The van der Waals surface area contributed by atoms with Gasteiger partial charge in [0.2, 0.25) is 10.0 Å². The summed E-state index contributed by atoms with van der Waals surface area (Å²) in [5.41, 5.74) is 0.630. The van der Waals surface area contributed by atoms with Crippen LogP contribution in [0, 0.1) is 0 Å². The van der Waals surface area contributed by atoms with Gasteiger partial charge in [0.1, 0.15) is 5.82 Å². The SMILES string of the molecule is NS(=O)(=O)Cc1ccc(N2CCCC2)nc1. The van der Waals surface area contributed by atoms with Crippen LogP contribution in [0.1, 0.15) is 18.4 Å². The lowest BCUT2D eigenvalue weighted by Crippen LogP contribution is -2.19. The molecule has 2 N–H and O–H groups in total. The van der Waals surface area contributed by atoms with Crippen LogP contribution < -0.4 is 10.0 Å². The maximum Gasteiger partial charge on any atom is 0.213 e. The molecule has 1 aromatic rings. The predicted octanol–water partition coefficient (Wildman–Crippen LogP) is 0.470. The van der Waals surface area contributed by atoms with Crippen molar-refractivity contribution >= 4 is 15.8 Å². The van der Waals surface area contributed by atoms with Gasteiger partial charge in [-0.1, -0.05) is 6.07 Å². The number of sulfonamides is 1. The molecule has 0 atom stereocenters. The van der Waals surface area contributed by atoms with Crippen molar-refractivity contribution in [2.24, 2.45) is 5.14 Å². The van der Waals surface area contributed by atoms with Gasteiger partial charge in [-0.15, -0.1) is 0 Å². The molecule has 16 heavy (non-hydrogen) atoms. The van der Waals surface area contributed by atoms with Crippen molar-refractivity contribution in [3.8, 4) is 0 Å². The third-order valence-electron chi connectivity index (χ3n) is 2.61. The lowest BCUT2D eigenvalue weighted by Gasteiger charge is -2.15. The zero-order chi connectivity index (χ0) is 11.6. The quantitative estimate of drug-likeness (QED) is 0.834. The molecule has 6 heteroatoms. The molecule has 1 fully saturated rings. The van der Waals surface area contributed by atoms with Gasteiger partial charge in [-0.3, -0.25) is 0 Å². The van der Waals surface area contributed by atoms with E-state index in [1.807, 2.05) is 6.07 Å². The average molecular weight is 241 g/mol. The number of nitrogens with two attached hydrogens (primary N) is 1. The van der Waals surface area contributed by atoms with E-state index in [-0.39, 0.29) is 5.75 Å². The van der Waals surface area contributed by atoms with Gasteiger partial charge in [0.25, 0.3) is 0 Å². The number of pyridine rings is 1. The van der Waals surface area contributed by atoms with E-state index in [0.29, 0.717) is 5.56 Å². The first kappa shape index (κ1) is 11.3. The summed E-state index contributed by atoms with van der Waals surface area (Å²) in [5.74, 6) is 0.760. The molecule has 1 aliphatic heterocycles. The van der Waals surface area contributed by atoms with Crippen LogP contribution in [-0.2, 0) is 15.8 Å². The van der Waals surface area contributed by atoms with Gasteiger partial charge in [0, 0.05) is 19.3 Å². The maximum atomic E-state index is 10.9. The number of primary sulfonamides is 1. The Hall–Kier alpha value is -1.14. The van der Waals surface area contributed by atoms with Gasteiger partial charge in [-0.25, -0.2) is 18.5 Å². The summed E-state index contributed by atoms with van der Waals surface area (Å²) in [6.45, 7) is 2.06. The lowest BCUT2D eigenvalue weighted by atomic mass is 10.3.